The number of carbonyl (C=O) groups excluding carboxylic acids is 1. The summed E-state index contributed by atoms with van der Waals surface area (Å²) in [7, 11) is 0. The van der Waals surface area contributed by atoms with E-state index in [1.807, 2.05) is 12.1 Å². The largest absolute Gasteiger partial charge is 0.355 e. The molecule has 1 saturated heterocycles. The molecule has 1 N–H and O–H groups in total. The van der Waals surface area contributed by atoms with Gasteiger partial charge in [-0.15, -0.1) is 11.8 Å². The van der Waals surface area contributed by atoms with Crippen molar-refractivity contribution in [3.63, 3.8) is 0 Å². The number of benzene rings is 2. The number of likely N-dealkylation sites (tertiary alicyclic amines) is 1. The van der Waals surface area contributed by atoms with Gasteiger partial charge in [-0.2, -0.15) is 4.98 Å². The first-order chi connectivity index (χ1) is 15.6. The van der Waals surface area contributed by atoms with Crippen LogP contribution < -0.4 is 5.32 Å². The number of hydrogen-bond donors (Lipinski definition) is 1. The quantitative estimate of drug-likeness (QED) is 0.376. The van der Waals surface area contributed by atoms with E-state index in [4.69, 9.17) is 16.1 Å². The van der Waals surface area contributed by atoms with E-state index >= 15 is 0 Å². The lowest BCUT2D eigenvalue weighted by Gasteiger charge is -2.30. The minimum absolute atomic E-state index is 0.00761. The van der Waals surface area contributed by atoms with Crippen LogP contribution in [0.1, 0.15) is 24.3 Å². The molecule has 3 aromatic rings. The summed E-state index contributed by atoms with van der Waals surface area (Å²) >= 11 is 7.70. The lowest BCUT2D eigenvalue weighted by molar-refractivity contribution is -0.126. The zero-order valence-corrected chi connectivity index (χ0v) is 19.7. The highest BCUT2D eigenvalue weighted by atomic mass is 35.5. The molecule has 1 aromatic heterocycles. The summed E-state index contributed by atoms with van der Waals surface area (Å²) in [5, 5.41) is 7.85. The van der Waals surface area contributed by atoms with Gasteiger partial charge in [-0.1, -0.05) is 34.5 Å². The molecule has 1 atom stereocenters. The van der Waals surface area contributed by atoms with E-state index in [1.165, 1.54) is 10.5 Å². The third-order valence-corrected chi connectivity index (χ3v) is 6.76. The SMILES string of the molecule is Cc1ccc(SCCNC(=O)C2CCCN(Cc3nc(-c4ccc(Cl)cc4)no3)C2)cc1. The maximum atomic E-state index is 12.7. The summed E-state index contributed by atoms with van der Waals surface area (Å²) in [5.41, 5.74) is 2.12. The van der Waals surface area contributed by atoms with Gasteiger partial charge in [0.25, 0.3) is 0 Å². The number of aryl methyl sites for hydroxylation is 1. The summed E-state index contributed by atoms with van der Waals surface area (Å²) in [6, 6.07) is 15.8. The Morgan fingerprint density at radius 1 is 1.22 bits per heavy atom. The van der Waals surface area contributed by atoms with Crippen molar-refractivity contribution in [3.8, 4) is 11.4 Å². The molecule has 32 heavy (non-hydrogen) atoms. The molecule has 0 radical (unpaired) electrons. The van der Waals surface area contributed by atoms with E-state index in [9.17, 15) is 4.79 Å². The predicted molar refractivity (Wildman–Crippen MR) is 128 cm³/mol. The van der Waals surface area contributed by atoms with Gasteiger partial charge < -0.3 is 9.84 Å². The molecular formula is C24H27ClN4O2S. The number of amides is 1. The second-order valence-electron chi connectivity index (χ2n) is 8.05. The second kappa shape index (κ2) is 11.0. The Labute approximate surface area is 197 Å². The van der Waals surface area contributed by atoms with Crippen LogP contribution in [0.5, 0.6) is 0 Å². The van der Waals surface area contributed by atoms with Crippen molar-refractivity contribution in [2.45, 2.75) is 31.2 Å². The third kappa shape index (κ3) is 6.34. The van der Waals surface area contributed by atoms with Gasteiger partial charge in [0.2, 0.25) is 17.6 Å². The van der Waals surface area contributed by atoms with E-state index in [2.05, 4.69) is 51.5 Å². The van der Waals surface area contributed by atoms with E-state index in [0.717, 1.165) is 30.7 Å². The molecule has 1 aliphatic rings. The van der Waals surface area contributed by atoms with Crippen molar-refractivity contribution in [2.24, 2.45) is 5.92 Å². The van der Waals surface area contributed by atoms with Crippen molar-refractivity contribution in [1.29, 1.82) is 0 Å². The lowest BCUT2D eigenvalue weighted by atomic mass is 9.97. The van der Waals surface area contributed by atoms with Crippen LogP contribution in [0.15, 0.2) is 57.9 Å². The highest BCUT2D eigenvalue weighted by Gasteiger charge is 2.26. The molecule has 2 aromatic carbocycles. The van der Waals surface area contributed by atoms with Crippen molar-refractivity contribution in [2.75, 3.05) is 25.4 Å². The Balaban J connectivity index is 1.23. The maximum absolute atomic E-state index is 12.7. The van der Waals surface area contributed by atoms with Gasteiger partial charge in [0, 0.05) is 34.3 Å². The second-order valence-corrected chi connectivity index (χ2v) is 9.65. The Morgan fingerprint density at radius 2 is 2.00 bits per heavy atom. The van der Waals surface area contributed by atoms with Crippen LogP contribution in [0.25, 0.3) is 11.4 Å². The molecule has 0 aliphatic carbocycles. The fourth-order valence-electron chi connectivity index (χ4n) is 3.76. The fourth-order valence-corrected chi connectivity index (χ4v) is 4.66. The number of nitrogens with zero attached hydrogens (tertiary/aromatic N) is 3. The maximum Gasteiger partial charge on any atom is 0.241 e. The molecule has 0 spiro atoms. The average molecular weight is 471 g/mol. The normalized spacial score (nSPS) is 16.8. The first-order valence-corrected chi connectivity index (χ1v) is 12.2. The number of thioether (sulfide) groups is 1. The molecule has 1 unspecified atom stereocenters. The fraction of sp³-hybridized carbons (Fsp3) is 0.375. The minimum atomic E-state index is -0.00761. The van der Waals surface area contributed by atoms with Gasteiger partial charge in [-0.05, 0) is 62.7 Å². The molecule has 1 aliphatic heterocycles. The highest BCUT2D eigenvalue weighted by molar-refractivity contribution is 7.99. The first kappa shape index (κ1) is 22.8. The Bertz CT molecular complexity index is 1020. The predicted octanol–water partition coefficient (Wildman–Crippen LogP) is 4.82. The van der Waals surface area contributed by atoms with Crippen LogP contribution in [-0.4, -0.2) is 46.3 Å². The topological polar surface area (TPSA) is 71.3 Å². The zero-order chi connectivity index (χ0) is 22.3. The Morgan fingerprint density at radius 3 is 2.78 bits per heavy atom. The molecule has 8 heteroatoms. The zero-order valence-electron chi connectivity index (χ0n) is 18.1. The molecule has 6 nitrogen and oxygen atoms in total. The summed E-state index contributed by atoms with van der Waals surface area (Å²) in [6.45, 7) is 4.93. The summed E-state index contributed by atoms with van der Waals surface area (Å²) in [5.74, 6) is 2.10. The summed E-state index contributed by atoms with van der Waals surface area (Å²) < 4.78 is 5.44. The van der Waals surface area contributed by atoms with Gasteiger partial charge in [-0.3, -0.25) is 9.69 Å². The van der Waals surface area contributed by atoms with Gasteiger partial charge >= 0.3 is 0 Å². The van der Waals surface area contributed by atoms with Crippen molar-refractivity contribution in [1.82, 2.24) is 20.4 Å². The number of hydrogen-bond acceptors (Lipinski definition) is 6. The Kier molecular flexibility index (Phi) is 7.84. The van der Waals surface area contributed by atoms with Gasteiger partial charge in [0.1, 0.15) is 0 Å². The average Bonchev–Trinajstić information content (AvgIpc) is 3.27. The van der Waals surface area contributed by atoms with Gasteiger partial charge in [0.15, 0.2) is 0 Å². The standard InChI is InChI=1S/C24H27ClN4O2S/c1-17-4-10-21(11-5-17)32-14-12-26-24(30)19-3-2-13-29(15-19)16-22-27-23(28-31-22)18-6-8-20(25)9-7-18/h4-11,19H,2-3,12-16H2,1H3,(H,26,30). The number of aromatic nitrogens is 2. The van der Waals surface area contributed by atoms with E-state index in [-0.39, 0.29) is 11.8 Å². The molecule has 0 saturated carbocycles. The van der Waals surface area contributed by atoms with Gasteiger partial charge in [0.05, 0.1) is 12.5 Å². The van der Waals surface area contributed by atoms with Crippen LogP contribution in [0.2, 0.25) is 5.02 Å². The highest BCUT2D eigenvalue weighted by Crippen LogP contribution is 2.22. The molecule has 4 rings (SSSR count). The summed E-state index contributed by atoms with van der Waals surface area (Å²) in [4.78, 5) is 20.6. The first-order valence-electron chi connectivity index (χ1n) is 10.8. The summed E-state index contributed by atoms with van der Waals surface area (Å²) in [6.07, 6.45) is 1.89. The van der Waals surface area contributed by atoms with Crippen molar-refractivity contribution >= 4 is 29.3 Å². The third-order valence-electron chi connectivity index (χ3n) is 5.50. The van der Waals surface area contributed by atoms with E-state index < -0.39 is 0 Å². The van der Waals surface area contributed by atoms with Crippen molar-refractivity contribution < 1.29 is 9.32 Å². The van der Waals surface area contributed by atoms with Crippen LogP contribution in [0, 0.1) is 12.8 Å². The molecule has 168 valence electrons. The molecule has 1 amide bonds. The minimum Gasteiger partial charge on any atom is -0.355 e. The molecule has 2 heterocycles. The molecule has 1 fully saturated rings. The van der Waals surface area contributed by atoms with Crippen molar-refractivity contribution in [3.05, 3.63) is 65.0 Å². The van der Waals surface area contributed by atoms with Crippen LogP contribution in [0.3, 0.4) is 0 Å². The van der Waals surface area contributed by atoms with E-state index in [1.54, 1.807) is 23.9 Å². The lowest BCUT2D eigenvalue weighted by Crippen LogP contribution is -2.43. The van der Waals surface area contributed by atoms with E-state index in [0.29, 0.717) is 36.4 Å². The molecular weight excluding hydrogens is 444 g/mol. The smallest absolute Gasteiger partial charge is 0.241 e. The monoisotopic (exact) mass is 470 g/mol. The van der Waals surface area contributed by atoms with Crippen LogP contribution >= 0.6 is 23.4 Å². The van der Waals surface area contributed by atoms with Crippen LogP contribution in [0.4, 0.5) is 0 Å². The number of carbonyl (C=O) groups is 1. The number of nitrogens with one attached hydrogen (secondary N) is 1. The Hall–Kier alpha value is -2.35. The number of rotatable bonds is 8. The molecule has 0 bridgehead atoms. The van der Waals surface area contributed by atoms with Crippen LogP contribution in [-0.2, 0) is 11.3 Å². The number of halogens is 1. The van der Waals surface area contributed by atoms with Gasteiger partial charge in [-0.25, -0.2) is 0 Å². The number of piperidine rings is 1.